The second-order valence-corrected chi connectivity index (χ2v) is 9.42. The van der Waals surface area contributed by atoms with Gasteiger partial charge < -0.3 is 15.4 Å². The Morgan fingerprint density at radius 2 is 2.07 bits per heavy atom. The lowest BCUT2D eigenvalue weighted by Crippen LogP contribution is -2.50. The third-order valence-corrected chi connectivity index (χ3v) is 6.94. The number of thiophene rings is 1. The number of aliphatic imine (C=N–C) groups is 1. The number of halogens is 1. The van der Waals surface area contributed by atoms with E-state index in [9.17, 15) is 0 Å². The lowest BCUT2D eigenvalue weighted by Gasteiger charge is -2.37. The largest absolute Gasteiger partial charge is 0.376 e. The molecular formula is C21H38IN5OS. The van der Waals surface area contributed by atoms with Crippen LogP contribution in [-0.4, -0.2) is 80.3 Å². The van der Waals surface area contributed by atoms with Crippen molar-refractivity contribution in [2.45, 2.75) is 51.9 Å². The molecule has 0 bridgehead atoms. The van der Waals surface area contributed by atoms with Gasteiger partial charge in [-0.1, -0.05) is 13.0 Å². The average molecular weight is 536 g/mol. The normalized spacial score (nSPS) is 27.7. The van der Waals surface area contributed by atoms with Crippen molar-refractivity contribution in [3.63, 3.8) is 0 Å². The van der Waals surface area contributed by atoms with E-state index >= 15 is 0 Å². The predicted molar refractivity (Wildman–Crippen MR) is 134 cm³/mol. The van der Waals surface area contributed by atoms with Crippen LogP contribution >= 0.6 is 35.3 Å². The first-order valence-corrected chi connectivity index (χ1v) is 11.5. The van der Waals surface area contributed by atoms with Crippen molar-refractivity contribution < 1.29 is 4.74 Å². The SMILES string of the molecule is CN=C(NCC(c1cccs1)N1CCOC(C)C1)NC1CN(C(C)C)CC1C.I. The van der Waals surface area contributed by atoms with Gasteiger partial charge in [0.15, 0.2) is 5.96 Å². The van der Waals surface area contributed by atoms with Crippen molar-refractivity contribution in [2.24, 2.45) is 10.9 Å². The highest BCUT2D eigenvalue weighted by Crippen LogP contribution is 2.26. The van der Waals surface area contributed by atoms with Crippen molar-refractivity contribution in [3.8, 4) is 0 Å². The van der Waals surface area contributed by atoms with Crippen LogP contribution in [0.3, 0.4) is 0 Å². The Hall–Kier alpha value is -0.420. The smallest absolute Gasteiger partial charge is 0.191 e. The Morgan fingerprint density at radius 1 is 1.28 bits per heavy atom. The maximum Gasteiger partial charge on any atom is 0.191 e. The van der Waals surface area contributed by atoms with E-state index < -0.39 is 0 Å². The summed E-state index contributed by atoms with van der Waals surface area (Å²) in [7, 11) is 1.87. The van der Waals surface area contributed by atoms with Gasteiger partial charge in [-0.15, -0.1) is 35.3 Å². The van der Waals surface area contributed by atoms with Crippen LogP contribution in [0.15, 0.2) is 22.5 Å². The lowest BCUT2D eigenvalue weighted by molar-refractivity contribution is -0.0334. The van der Waals surface area contributed by atoms with E-state index in [2.05, 4.69) is 70.6 Å². The van der Waals surface area contributed by atoms with Crippen LogP contribution in [0.5, 0.6) is 0 Å². The second kappa shape index (κ2) is 11.8. The van der Waals surface area contributed by atoms with E-state index in [0.717, 1.165) is 45.3 Å². The van der Waals surface area contributed by atoms with Gasteiger partial charge in [-0.2, -0.15) is 0 Å². The monoisotopic (exact) mass is 535 g/mol. The zero-order valence-corrected chi connectivity index (χ0v) is 21.6. The molecule has 2 N–H and O–H groups in total. The number of hydrogen-bond acceptors (Lipinski definition) is 5. The number of rotatable bonds is 6. The molecule has 4 atom stereocenters. The number of guanidine groups is 1. The van der Waals surface area contributed by atoms with Gasteiger partial charge in [-0.05, 0) is 38.1 Å². The fourth-order valence-corrected chi connectivity index (χ4v) is 5.06. The van der Waals surface area contributed by atoms with Gasteiger partial charge in [0.2, 0.25) is 0 Å². The van der Waals surface area contributed by atoms with Crippen molar-refractivity contribution in [1.82, 2.24) is 20.4 Å². The number of nitrogens with one attached hydrogen (secondary N) is 2. The molecule has 2 fully saturated rings. The molecule has 0 aromatic carbocycles. The number of ether oxygens (including phenoxy) is 1. The molecule has 2 aliphatic rings. The van der Waals surface area contributed by atoms with Crippen LogP contribution in [0, 0.1) is 5.92 Å². The van der Waals surface area contributed by atoms with Crippen molar-refractivity contribution in [3.05, 3.63) is 22.4 Å². The molecule has 2 aliphatic heterocycles. The topological polar surface area (TPSA) is 52.1 Å². The van der Waals surface area contributed by atoms with Gasteiger partial charge in [-0.25, -0.2) is 0 Å². The number of morpholine rings is 1. The lowest BCUT2D eigenvalue weighted by atomic mass is 10.1. The molecule has 4 unspecified atom stereocenters. The first-order valence-electron chi connectivity index (χ1n) is 10.6. The summed E-state index contributed by atoms with van der Waals surface area (Å²) in [5.41, 5.74) is 0. The van der Waals surface area contributed by atoms with Crippen LogP contribution in [0.4, 0.5) is 0 Å². The van der Waals surface area contributed by atoms with E-state index in [4.69, 9.17) is 4.74 Å². The molecular weight excluding hydrogens is 497 g/mol. The van der Waals surface area contributed by atoms with Gasteiger partial charge in [0, 0.05) is 56.7 Å². The summed E-state index contributed by atoms with van der Waals surface area (Å²) in [6.07, 6.45) is 0.287. The third kappa shape index (κ3) is 6.78. The Bertz CT molecular complexity index is 627. The predicted octanol–water partition coefficient (Wildman–Crippen LogP) is 3.02. The first-order chi connectivity index (χ1) is 13.5. The summed E-state index contributed by atoms with van der Waals surface area (Å²) in [5.74, 6) is 1.53. The molecule has 0 saturated carbocycles. The molecule has 6 nitrogen and oxygen atoms in total. The van der Waals surface area contributed by atoms with Crippen LogP contribution in [-0.2, 0) is 4.74 Å². The molecule has 3 rings (SSSR count). The van der Waals surface area contributed by atoms with Crippen molar-refractivity contribution in [1.29, 1.82) is 0 Å². The van der Waals surface area contributed by atoms with Gasteiger partial charge in [0.1, 0.15) is 0 Å². The molecule has 0 spiro atoms. The van der Waals surface area contributed by atoms with Gasteiger partial charge in [0.25, 0.3) is 0 Å². The Balaban J connectivity index is 0.00000300. The summed E-state index contributed by atoms with van der Waals surface area (Å²) in [6.45, 7) is 14.9. The van der Waals surface area contributed by atoms with Crippen molar-refractivity contribution in [2.75, 3.05) is 46.4 Å². The van der Waals surface area contributed by atoms with E-state index in [0.29, 0.717) is 24.0 Å². The third-order valence-electron chi connectivity index (χ3n) is 5.96. The minimum atomic E-state index is 0. The zero-order valence-electron chi connectivity index (χ0n) is 18.4. The van der Waals surface area contributed by atoms with Crippen LogP contribution in [0.2, 0.25) is 0 Å². The molecule has 2 saturated heterocycles. The molecule has 0 radical (unpaired) electrons. The quantitative estimate of drug-likeness (QED) is 0.333. The number of nitrogens with zero attached hydrogens (tertiary/aromatic N) is 3. The molecule has 1 aromatic heterocycles. The standard InChI is InChI=1S/C21H37N5OS.HI/c1-15(2)26-12-16(3)18(14-26)24-21(22-5)23-11-19(20-7-6-10-28-20)25-8-9-27-17(4)13-25;/h6-7,10,15-19H,8-9,11-14H2,1-5H3,(H2,22,23,24);1H. The highest BCUT2D eigenvalue weighted by molar-refractivity contribution is 14.0. The Morgan fingerprint density at radius 3 is 2.66 bits per heavy atom. The number of hydrogen-bond donors (Lipinski definition) is 2. The minimum Gasteiger partial charge on any atom is -0.376 e. The maximum atomic E-state index is 5.75. The molecule has 0 amide bonds. The van der Waals surface area contributed by atoms with Crippen molar-refractivity contribution >= 4 is 41.3 Å². The molecule has 8 heteroatoms. The summed E-state index contributed by atoms with van der Waals surface area (Å²) < 4.78 is 5.75. The number of likely N-dealkylation sites (tertiary alicyclic amines) is 1. The Labute approximate surface area is 197 Å². The highest BCUT2D eigenvalue weighted by Gasteiger charge is 2.32. The molecule has 0 aliphatic carbocycles. The summed E-state index contributed by atoms with van der Waals surface area (Å²) in [4.78, 5) is 11.0. The average Bonchev–Trinajstić information content (AvgIpc) is 3.31. The Kier molecular flexibility index (Phi) is 10.1. The van der Waals surface area contributed by atoms with E-state index in [-0.39, 0.29) is 30.1 Å². The van der Waals surface area contributed by atoms with Gasteiger partial charge in [0.05, 0.1) is 18.8 Å². The van der Waals surface area contributed by atoms with Crippen LogP contribution < -0.4 is 10.6 Å². The van der Waals surface area contributed by atoms with E-state index in [1.165, 1.54) is 4.88 Å². The summed E-state index contributed by atoms with van der Waals surface area (Å²) in [6, 6.07) is 5.77. The van der Waals surface area contributed by atoms with Crippen LogP contribution in [0.25, 0.3) is 0 Å². The fraction of sp³-hybridized carbons (Fsp3) is 0.762. The second-order valence-electron chi connectivity index (χ2n) is 8.44. The minimum absolute atomic E-state index is 0. The van der Waals surface area contributed by atoms with Crippen LogP contribution in [0.1, 0.15) is 38.6 Å². The fourth-order valence-electron chi connectivity index (χ4n) is 4.20. The zero-order chi connectivity index (χ0) is 20.1. The van der Waals surface area contributed by atoms with E-state index in [1.54, 1.807) is 0 Å². The van der Waals surface area contributed by atoms with Gasteiger partial charge >= 0.3 is 0 Å². The summed E-state index contributed by atoms with van der Waals surface area (Å²) >= 11 is 1.83. The van der Waals surface area contributed by atoms with E-state index in [1.807, 2.05) is 18.4 Å². The first kappa shape index (κ1) is 24.8. The molecule has 3 heterocycles. The molecule has 29 heavy (non-hydrogen) atoms. The molecule has 1 aromatic rings. The molecule has 166 valence electrons. The van der Waals surface area contributed by atoms with Gasteiger partial charge in [-0.3, -0.25) is 14.8 Å². The highest BCUT2D eigenvalue weighted by atomic mass is 127. The maximum absolute atomic E-state index is 5.75. The summed E-state index contributed by atoms with van der Waals surface area (Å²) in [5, 5.41) is 9.44.